The number of carbonyl (C=O) groups is 3. The summed E-state index contributed by atoms with van der Waals surface area (Å²) in [6.07, 6.45) is 46.6. The highest BCUT2D eigenvalue weighted by atomic mass is 16.6. The minimum atomic E-state index is -0.760. The molecule has 0 spiro atoms. The van der Waals surface area contributed by atoms with E-state index in [1.54, 1.807) is 0 Å². The molecule has 6 heteroatoms. The van der Waals surface area contributed by atoms with E-state index in [9.17, 15) is 14.4 Å². The summed E-state index contributed by atoms with van der Waals surface area (Å²) in [5.41, 5.74) is 0. The molecule has 0 radical (unpaired) electrons. The predicted octanol–water partition coefficient (Wildman–Crippen LogP) is 16.3. The van der Waals surface area contributed by atoms with Gasteiger partial charge in [0, 0.05) is 19.3 Å². The van der Waals surface area contributed by atoms with Crippen molar-refractivity contribution in [3.8, 4) is 0 Å². The molecule has 0 aliphatic heterocycles. The Kier molecular flexibility index (Phi) is 44.2. The van der Waals surface area contributed by atoms with Crippen LogP contribution in [0.3, 0.4) is 0 Å². The highest BCUT2D eigenvalue weighted by molar-refractivity contribution is 5.71. The van der Waals surface area contributed by atoms with Gasteiger partial charge in [0.05, 0.1) is 0 Å². The molecule has 0 aromatic carbocycles. The number of carbonyl (C=O) groups excluding carboxylic acids is 3. The number of hydrogen-bond donors (Lipinski definition) is 0. The standard InChI is InChI=1S/C51H98O6/c1-5-7-9-11-13-15-17-19-20-22-24-26-31-35-39-43-50(53)56-46-48(57-51(54)44-40-36-32-28-27-29-33-37-41-47(3)4)45-55-49(52)42-38-34-30-25-23-21-18-16-14-12-10-8-6-2/h47-48H,5-46H2,1-4H3/t48-/m0/s1. The van der Waals surface area contributed by atoms with E-state index in [2.05, 4.69) is 27.7 Å². The van der Waals surface area contributed by atoms with Crippen molar-refractivity contribution in [2.45, 2.75) is 291 Å². The molecule has 0 aromatic rings. The first-order valence-corrected chi connectivity index (χ1v) is 25.4. The molecular formula is C51H98O6. The van der Waals surface area contributed by atoms with Crippen LogP contribution >= 0.6 is 0 Å². The fourth-order valence-electron chi connectivity index (χ4n) is 7.69. The largest absolute Gasteiger partial charge is 0.462 e. The van der Waals surface area contributed by atoms with Gasteiger partial charge < -0.3 is 14.2 Å². The number of esters is 3. The SMILES string of the molecule is CCCCCCCCCCCCCCCCCC(=O)OC[C@H](COC(=O)CCCCCCCCCCCCCCC)OC(=O)CCCCCCCCCCC(C)C. The zero-order valence-corrected chi connectivity index (χ0v) is 38.8. The van der Waals surface area contributed by atoms with Crippen LogP contribution in [0.5, 0.6) is 0 Å². The van der Waals surface area contributed by atoms with Gasteiger partial charge in [-0.1, -0.05) is 246 Å². The topological polar surface area (TPSA) is 78.9 Å². The lowest BCUT2D eigenvalue weighted by Crippen LogP contribution is -2.30. The van der Waals surface area contributed by atoms with E-state index in [0.29, 0.717) is 19.3 Å². The van der Waals surface area contributed by atoms with Crippen molar-refractivity contribution >= 4 is 17.9 Å². The average molecular weight is 807 g/mol. The number of unbranched alkanes of at least 4 members (excludes halogenated alkanes) is 33. The first kappa shape index (κ1) is 55.4. The number of rotatable bonds is 46. The smallest absolute Gasteiger partial charge is 0.306 e. The number of ether oxygens (including phenoxy) is 3. The van der Waals surface area contributed by atoms with Crippen LogP contribution in [0.25, 0.3) is 0 Å². The summed E-state index contributed by atoms with van der Waals surface area (Å²) >= 11 is 0. The van der Waals surface area contributed by atoms with Crippen molar-refractivity contribution in [1.82, 2.24) is 0 Å². The fourth-order valence-corrected chi connectivity index (χ4v) is 7.69. The Morgan fingerprint density at radius 1 is 0.333 bits per heavy atom. The van der Waals surface area contributed by atoms with Crippen LogP contribution in [-0.4, -0.2) is 37.2 Å². The van der Waals surface area contributed by atoms with E-state index in [0.717, 1.165) is 63.7 Å². The van der Waals surface area contributed by atoms with Crippen LogP contribution in [0, 0.1) is 5.92 Å². The third-order valence-corrected chi connectivity index (χ3v) is 11.5. The summed E-state index contributed by atoms with van der Waals surface area (Å²) in [6.45, 7) is 8.99. The summed E-state index contributed by atoms with van der Waals surface area (Å²) in [5, 5.41) is 0. The third-order valence-electron chi connectivity index (χ3n) is 11.5. The second kappa shape index (κ2) is 45.5. The summed E-state index contributed by atoms with van der Waals surface area (Å²) < 4.78 is 16.8. The molecule has 0 N–H and O–H groups in total. The normalized spacial score (nSPS) is 11.9. The lowest BCUT2D eigenvalue weighted by Gasteiger charge is -2.18. The van der Waals surface area contributed by atoms with E-state index in [1.807, 2.05) is 0 Å². The molecule has 0 amide bonds. The molecule has 1 atom stereocenters. The Morgan fingerprint density at radius 2 is 0.579 bits per heavy atom. The van der Waals surface area contributed by atoms with Gasteiger partial charge in [-0.25, -0.2) is 0 Å². The van der Waals surface area contributed by atoms with E-state index < -0.39 is 6.10 Å². The molecule has 0 aromatic heterocycles. The lowest BCUT2D eigenvalue weighted by molar-refractivity contribution is -0.167. The molecule has 0 fully saturated rings. The van der Waals surface area contributed by atoms with Crippen molar-refractivity contribution in [3.05, 3.63) is 0 Å². The van der Waals surface area contributed by atoms with Gasteiger partial charge in [0.25, 0.3) is 0 Å². The minimum Gasteiger partial charge on any atom is -0.462 e. The molecule has 0 unspecified atom stereocenters. The van der Waals surface area contributed by atoms with Gasteiger partial charge in [-0.2, -0.15) is 0 Å². The lowest BCUT2D eigenvalue weighted by atomic mass is 10.0. The molecule has 0 aliphatic carbocycles. The van der Waals surface area contributed by atoms with Crippen LogP contribution < -0.4 is 0 Å². The quantitative estimate of drug-likeness (QED) is 0.0346. The second-order valence-electron chi connectivity index (χ2n) is 17.9. The predicted molar refractivity (Wildman–Crippen MR) is 243 cm³/mol. The van der Waals surface area contributed by atoms with E-state index in [4.69, 9.17) is 14.2 Å². The van der Waals surface area contributed by atoms with Gasteiger partial charge in [-0.05, 0) is 25.2 Å². The summed E-state index contributed by atoms with van der Waals surface area (Å²) in [5.74, 6) is -0.0542. The summed E-state index contributed by atoms with van der Waals surface area (Å²) in [4.78, 5) is 37.9. The van der Waals surface area contributed by atoms with Crippen LogP contribution in [0.4, 0.5) is 0 Å². The van der Waals surface area contributed by atoms with Gasteiger partial charge >= 0.3 is 17.9 Å². The monoisotopic (exact) mass is 807 g/mol. The molecule has 338 valence electrons. The van der Waals surface area contributed by atoms with Gasteiger partial charge in [0.2, 0.25) is 0 Å². The zero-order valence-electron chi connectivity index (χ0n) is 38.8. The van der Waals surface area contributed by atoms with Crippen molar-refractivity contribution in [2.24, 2.45) is 5.92 Å². The van der Waals surface area contributed by atoms with Gasteiger partial charge in [0.15, 0.2) is 6.10 Å². The van der Waals surface area contributed by atoms with Crippen molar-refractivity contribution < 1.29 is 28.6 Å². The Hall–Kier alpha value is -1.59. The zero-order chi connectivity index (χ0) is 41.7. The fraction of sp³-hybridized carbons (Fsp3) is 0.941. The van der Waals surface area contributed by atoms with Crippen molar-refractivity contribution in [2.75, 3.05) is 13.2 Å². The first-order valence-electron chi connectivity index (χ1n) is 25.4. The molecule has 57 heavy (non-hydrogen) atoms. The Morgan fingerprint density at radius 3 is 0.860 bits per heavy atom. The van der Waals surface area contributed by atoms with Gasteiger partial charge in [0.1, 0.15) is 13.2 Å². The summed E-state index contributed by atoms with van der Waals surface area (Å²) in [7, 11) is 0. The maximum Gasteiger partial charge on any atom is 0.306 e. The molecule has 0 saturated heterocycles. The maximum atomic E-state index is 12.7. The Labute approximate surface area is 355 Å². The van der Waals surface area contributed by atoms with Gasteiger partial charge in [-0.15, -0.1) is 0 Å². The molecule has 0 saturated carbocycles. The maximum absolute atomic E-state index is 12.7. The Balaban J connectivity index is 4.29. The molecule has 6 nitrogen and oxygen atoms in total. The third kappa shape index (κ3) is 45.3. The van der Waals surface area contributed by atoms with E-state index in [1.165, 1.54) is 180 Å². The molecule has 0 rings (SSSR count). The van der Waals surface area contributed by atoms with Crippen LogP contribution in [-0.2, 0) is 28.6 Å². The molecule has 0 aliphatic rings. The van der Waals surface area contributed by atoms with Crippen LogP contribution in [0.15, 0.2) is 0 Å². The molecule has 0 bridgehead atoms. The summed E-state index contributed by atoms with van der Waals surface area (Å²) in [6, 6.07) is 0. The highest BCUT2D eigenvalue weighted by Gasteiger charge is 2.19. The van der Waals surface area contributed by atoms with E-state index in [-0.39, 0.29) is 31.1 Å². The first-order chi connectivity index (χ1) is 27.9. The Bertz CT molecular complexity index is 857. The van der Waals surface area contributed by atoms with E-state index >= 15 is 0 Å². The number of hydrogen-bond acceptors (Lipinski definition) is 6. The van der Waals surface area contributed by atoms with Crippen molar-refractivity contribution in [3.63, 3.8) is 0 Å². The molecule has 0 heterocycles. The minimum absolute atomic E-state index is 0.0634. The average Bonchev–Trinajstić information content (AvgIpc) is 3.19. The highest BCUT2D eigenvalue weighted by Crippen LogP contribution is 2.17. The van der Waals surface area contributed by atoms with Crippen molar-refractivity contribution in [1.29, 1.82) is 0 Å². The van der Waals surface area contributed by atoms with Crippen LogP contribution in [0.1, 0.15) is 285 Å². The second-order valence-corrected chi connectivity index (χ2v) is 17.9. The van der Waals surface area contributed by atoms with Crippen LogP contribution in [0.2, 0.25) is 0 Å². The molecular weight excluding hydrogens is 709 g/mol. The van der Waals surface area contributed by atoms with Gasteiger partial charge in [-0.3, -0.25) is 14.4 Å².